The van der Waals surface area contributed by atoms with Crippen LogP contribution < -0.4 is 10.5 Å². The van der Waals surface area contributed by atoms with Crippen molar-refractivity contribution >= 4 is 5.95 Å². The van der Waals surface area contributed by atoms with E-state index in [4.69, 9.17) is 10.2 Å². The zero-order valence-electron chi connectivity index (χ0n) is 19.6. The lowest BCUT2D eigenvalue weighted by atomic mass is 9.98. The molecule has 0 unspecified atom stereocenters. The van der Waals surface area contributed by atoms with Gasteiger partial charge in [0.25, 0.3) is 5.56 Å². The lowest BCUT2D eigenvalue weighted by Crippen LogP contribution is -2.44. The molecular formula is C26H28FN5O2. The fourth-order valence-corrected chi connectivity index (χ4v) is 4.45. The molecule has 34 heavy (non-hydrogen) atoms. The second-order valence-corrected chi connectivity index (χ2v) is 8.84. The SMILES string of the molecule is CN(C)C1CCN(c2nc(-c3ccc(C#N)c(F)c3)c(-c3ccc(CO)cc3)c(=O)n2C)CC1. The summed E-state index contributed by atoms with van der Waals surface area (Å²) in [6.45, 7) is 1.41. The van der Waals surface area contributed by atoms with Crippen LogP contribution in [-0.2, 0) is 13.7 Å². The maximum atomic E-state index is 14.5. The molecule has 4 rings (SSSR count). The van der Waals surface area contributed by atoms with Gasteiger partial charge in [0.2, 0.25) is 5.95 Å². The molecule has 1 aliphatic rings. The highest BCUT2D eigenvalue weighted by Gasteiger charge is 2.26. The van der Waals surface area contributed by atoms with E-state index in [1.165, 1.54) is 12.1 Å². The first kappa shape index (κ1) is 23.6. The van der Waals surface area contributed by atoms with Crippen LogP contribution >= 0.6 is 0 Å². The van der Waals surface area contributed by atoms with Crippen molar-refractivity contribution in [3.8, 4) is 28.5 Å². The van der Waals surface area contributed by atoms with Crippen molar-refractivity contribution in [2.75, 3.05) is 32.1 Å². The third-order valence-electron chi connectivity index (χ3n) is 6.53. The van der Waals surface area contributed by atoms with E-state index in [1.54, 1.807) is 41.9 Å². The van der Waals surface area contributed by atoms with Crippen molar-refractivity contribution in [3.63, 3.8) is 0 Å². The molecule has 8 heteroatoms. The monoisotopic (exact) mass is 461 g/mol. The predicted molar refractivity (Wildman–Crippen MR) is 130 cm³/mol. The Hall–Kier alpha value is -3.54. The van der Waals surface area contributed by atoms with Gasteiger partial charge in [0.15, 0.2) is 0 Å². The van der Waals surface area contributed by atoms with Gasteiger partial charge < -0.3 is 14.9 Å². The fraction of sp³-hybridized carbons (Fsp3) is 0.346. The van der Waals surface area contributed by atoms with Gasteiger partial charge >= 0.3 is 0 Å². The van der Waals surface area contributed by atoms with E-state index in [0.29, 0.717) is 34.4 Å². The number of hydrogen-bond acceptors (Lipinski definition) is 6. The van der Waals surface area contributed by atoms with Crippen molar-refractivity contribution in [3.05, 3.63) is 69.8 Å². The first-order chi connectivity index (χ1) is 16.3. The van der Waals surface area contributed by atoms with Crippen molar-refractivity contribution in [2.45, 2.75) is 25.5 Å². The number of anilines is 1. The van der Waals surface area contributed by atoms with E-state index >= 15 is 0 Å². The largest absolute Gasteiger partial charge is 0.392 e. The Balaban J connectivity index is 1.88. The van der Waals surface area contributed by atoms with Crippen LogP contribution in [-0.4, -0.2) is 52.8 Å². The molecule has 0 saturated carbocycles. The highest BCUT2D eigenvalue weighted by Crippen LogP contribution is 2.31. The molecule has 2 heterocycles. The number of aliphatic hydroxyl groups is 1. The quantitative estimate of drug-likeness (QED) is 0.628. The van der Waals surface area contributed by atoms with Crippen molar-refractivity contribution in [2.24, 2.45) is 7.05 Å². The molecule has 0 aliphatic carbocycles. The first-order valence-corrected chi connectivity index (χ1v) is 11.3. The molecule has 0 radical (unpaired) electrons. The number of nitriles is 1. The highest BCUT2D eigenvalue weighted by molar-refractivity contribution is 5.81. The van der Waals surface area contributed by atoms with Crippen LogP contribution in [0.3, 0.4) is 0 Å². The second kappa shape index (κ2) is 9.75. The molecule has 1 saturated heterocycles. The second-order valence-electron chi connectivity index (χ2n) is 8.84. The molecule has 1 fully saturated rings. The topological polar surface area (TPSA) is 85.4 Å². The van der Waals surface area contributed by atoms with E-state index in [2.05, 4.69) is 23.9 Å². The van der Waals surface area contributed by atoms with Crippen LogP contribution in [0.25, 0.3) is 22.4 Å². The summed E-state index contributed by atoms with van der Waals surface area (Å²) in [5, 5.41) is 18.5. The Kier molecular flexibility index (Phi) is 6.77. The predicted octanol–water partition coefficient (Wildman–Crippen LogP) is 3.15. The van der Waals surface area contributed by atoms with Crippen LogP contribution in [0.1, 0.15) is 24.0 Å². The number of halogens is 1. The summed E-state index contributed by atoms with van der Waals surface area (Å²) in [7, 11) is 5.85. The molecule has 0 bridgehead atoms. The van der Waals surface area contributed by atoms with Crippen LogP contribution in [0.15, 0.2) is 47.3 Å². The van der Waals surface area contributed by atoms with Gasteiger partial charge in [-0.15, -0.1) is 0 Å². The minimum Gasteiger partial charge on any atom is -0.392 e. The summed E-state index contributed by atoms with van der Waals surface area (Å²) in [4.78, 5) is 22.9. The maximum absolute atomic E-state index is 14.5. The molecular weight excluding hydrogens is 433 g/mol. The van der Waals surface area contributed by atoms with Crippen LogP contribution in [0.2, 0.25) is 0 Å². The van der Waals surface area contributed by atoms with Gasteiger partial charge in [-0.25, -0.2) is 9.37 Å². The van der Waals surface area contributed by atoms with E-state index in [0.717, 1.165) is 31.5 Å². The summed E-state index contributed by atoms with van der Waals surface area (Å²) in [5.41, 5.74) is 2.20. The molecule has 0 atom stereocenters. The van der Waals surface area contributed by atoms with Gasteiger partial charge in [-0.2, -0.15) is 5.26 Å². The first-order valence-electron chi connectivity index (χ1n) is 11.3. The normalized spacial score (nSPS) is 14.4. The number of nitrogens with zero attached hydrogens (tertiary/aromatic N) is 5. The van der Waals surface area contributed by atoms with Crippen molar-refractivity contribution in [1.29, 1.82) is 5.26 Å². The van der Waals surface area contributed by atoms with E-state index in [-0.39, 0.29) is 17.7 Å². The molecule has 1 N–H and O–H groups in total. The van der Waals surface area contributed by atoms with Gasteiger partial charge in [-0.1, -0.05) is 30.3 Å². The molecule has 1 aromatic heterocycles. The molecule has 0 amide bonds. The summed E-state index contributed by atoms with van der Waals surface area (Å²) >= 11 is 0. The lowest BCUT2D eigenvalue weighted by Gasteiger charge is -2.36. The molecule has 3 aromatic rings. The van der Waals surface area contributed by atoms with Crippen molar-refractivity contribution in [1.82, 2.24) is 14.5 Å². The van der Waals surface area contributed by atoms with Gasteiger partial charge in [-0.05, 0) is 50.2 Å². The number of piperidine rings is 1. The summed E-state index contributed by atoms with van der Waals surface area (Å²) in [6.07, 6.45) is 1.90. The van der Waals surface area contributed by atoms with Gasteiger partial charge in [0.05, 0.1) is 23.4 Å². The molecule has 176 valence electrons. The molecule has 2 aromatic carbocycles. The summed E-state index contributed by atoms with van der Waals surface area (Å²) < 4.78 is 16.1. The number of hydrogen-bond donors (Lipinski definition) is 1. The Bertz CT molecular complexity index is 1290. The average Bonchev–Trinajstić information content (AvgIpc) is 2.85. The third kappa shape index (κ3) is 4.45. The van der Waals surface area contributed by atoms with Crippen LogP contribution in [0.4, 0.5) is 10.3 Å². The van der Waals surface area contributed by atoms with Crippen LogP contribution in [0, 0.1) is 17.1 Å². The zero-order chi connectivity index (χ0) is 24.4. The van der Waals surface area contributed by atoms with Gasteiger partial charge in [0, 0.05) is 31.7 Å². The summed E-state index contributed by atoms with van der Waals surface area (Å²) in [5.74, 6) is -0.116. The standard InChI is InChI=1S/C26H28FN5O2/c1-30(2)21-10-12-32(13-11-21)26-29-24(19-8-9-20(15-28)22(27)14-19)23(25(34)31(26)3)18-6-4-17(16-33)5-7-18/h4-9,14,21,33H,10-13,16H2,1-3H3. The van der Waals surface area contributed by atoms with E-state index in [9.17, 15) is 14.3 Å². The third-order valence-corrected chi connectivity index (χ3v) is 6.53. The molecule has 7 nitrogen and oxygen atoms in total. The lowest BCUT2D eigenvalue weighted by molar-refractivity contribution is 0.248. The van der Waals surface area contributed by atoms with Crippen molar-refractivity contribution < 1.29 is 9.50 Å². The smallest absolute Gasteiger partial charge is 0.263 e. The zero-order valence-corrected chi connectivity index (χ0v) is 19.6. The van der Waals surface area contributed by atoms with E-state index < -0.39 is 5.82 Å². The fourth-order valence-electron chi connectivity index (χ4n) is 4.45. The Labute approximate surface area is 198 Å². The minimum atomic E-state index is -0.655. The number of rotatable bonds is 5. The van der Waals surface area contributed by atoms with E-state index in [1.807, 2.05) is 6.07 Å². The maximum Gasteiger partial charge on any atom is 0.263 e. The number of aliphatic hydroxyl groups excluding tert-OH is 1. The number of aromatic nitrogens is 2. The molecule has 0 spiro atoms. The highest BCUT2D eigenvalue weighted by atomic mass is 19.1. The Morgan fingerprint density at radius 2 is 1.79 bits per heavy atom. The van der Waals surface area contributed by atoms with Gasteiger partial charge in [-0.3, -0.25) is 9.36 Å². The van der Waals surface area contributed by atoms with Crippen LogP contribution in [0.5, 0.6) is 0 Å². The number of benzene rings is 2. The summed E-state index contributed by atoms with van der Waals surface area (Å²) in [6, 6.07) is 13.6. The Morgan fingerprint density at radius 1 is 1.15 bits per heavy atom. The average molecular weight is 462 g/mol. The van der Waals surface area contributed by atoms with Gasteiger partial charge in [0.1, 0.15) is 11.9 Å². The Morgan fingerprint density at radius 3 is 2.35 bits per heavy atom. The molecule has 1 aliphatic heterocycles. The minimum absolute atomic E-state index is 0.0626.